The molecule has 3 aromatic rings. The van der Waals surface area contributed by atoms with E-state index in [1.54, 1.807) is 0 Å². The smallest absolute Gasteiger partial charge is 0.331 e. The van der Waals surface area contributed by atoms with Gasteiger partial charge in [0.25, 0.3) is 11.7 Å². The average Bonchev–Trinajstić information content (AvgIpc) is 3.56. The molecule has 0 spiro atoms. The van der Waals surface area contributed by atoms with E-state index in [1.165, 1.54) is 0 Å². The molecule has 2 atom stereocenters. The normalized spacial score (nSPS) is 21.7. The fraction of sp³-hybridized carbons (Fsp3) is 0.391. The van der Waals surface area contributed by atoms with Crippen LogP contribution < -0.4 is 0 Å². The highest BCUT2D eigenvalue weighted by Crippen LogP contribution is 2.56. The molecule has 5 rings (SSSR count). The molecule has 1 fully saturated rings. The maximum atomic E-state index is 14.9. The zero-order valence-electron chi connectivity index (χ0n) is 19.9. The van der Waals surface area contributed by atoms with Crippen molar-refractivity contribution in [2.24, 2.45) is 0 Å². The molecule has 17 heteroatoms. The Hall–Kier alpha value is -3.63. The lowest BCUT2D eigenvalue weighted by Gasteiger charge is -2.42. The van der Waals surface area contributed by atoms with E-state index in [-0.39, 0.29) is 43.0 Å². The van der Waals surface area contributed by atoms with E-state index < -0.39 is 66.7 Å². The number of aromatic amines is 1. The van der Waals surface area contributed by atoms with E-state index in [2.05, 4.69) is 20.6 Å². The number of amides is 1. The number of hydrogen-bond acceptors (Lipinski definition) is 6. The highest BCUT2D eigenvalue weighted by molar-refractivity contribution is 7.92. The van der Waals surface area contributed by atoms with Gasteiger partial charge in [0.1, 0.15) is 10.6 Å². The third-order valence-electron chi connectivity index (χ3n) is 7.47. The highest BCUT2D eigenvalue weighted by atomic mass is 32.2. The van der Waals surface area contributed by atoms with Crippen LogP contribution in [-0.2, 0) is 26.7 Å². The lowest BCUT2D eigenvalue weighted by molar-refractivity contribution is -0.348. The molecule has 0 radical (unpaired) electrons. The fourth-order valence-electron chi connectivity index (χ4n) is 5.68. The maximum Gasteiger partial charge on any atom is 0.435 e. The van der Waals surface area contributed by atoms with Crippen molar-refractivity contribution in [3.05, 3.63) is 70.8 Å². The van der Waals surface area contributed by atoms with Gasteiger partial charge in [-0.05, 0) is 59.9 Å². The summed E-state index contributed by atoms with van der Waals surface area (Å²) in [7, 11) is -4.59. The van der Waals surface area contributed by atoms with Crippen molar-refractivity contribution in [1.82, 2.24) is 25.5 Å². The zero-order valence-corrected chi connectivity index (χ0v) is 20.7. The van der Waals surface area contributed by atoms with Crippen LogP contribution in [0.1, 0.15) is 40.2 Å². The first-order valence-electron chi connectivity index (χ1n) is 11.6. The van der Waals surface area contributed by atoms with E-state index in [0.717, 1.165) is 35.2 Å². The summed E-state index contributed by atoms with van der Waals surface area (Å²) in [5.74, 6) is -1.97. The zero-order chi connectivity index (χ0) is 29.3. The summed E-state index contributed by atoms with van der Waals surface area (Å²) >= 11 is 0. The predicted molar refractivity (Wildman–Crippen MR) is 119 cm³/mol. The summed E-state index contributed by atoms with van der Waals surface area (Å²) in [4.78, 5) is 13.9. The average molecular weight is 595 g/mol. The Morgan fingerprint density at radius 2 is 1.65 bits per heavy atom. The van der Waals surface area contributed by atoms with Crippen molar-refractivity contribution in [1.29, 1.82) is 0 Å². The molecule has 0 saturated carbocycles. The standard InChI is InChI=1S/C23H17F8N5O3S/c24-14-3-5-15(6-4-14)40(38,39)20-9-10-36(19(37)18-32-34-35-33-18)17(20)8-1-12-11-13(2-7-16(12)20)21(25,22(26,27)28)23(29,30)31/h2-7,11,17H,1,8-10H2,(H,32,33,34,35)/t17-,20-/m0/s1. The van der Waals surface area contributed by atoms with Crippen molar-refractivity contribution in [2.45, 2.75) is 53.0 Å². The van der Waals surface area contributed by atoms with E-state index >= 15 is 0 Å². The first-order chi connectivity index (χ1) is 18.6. The van der Waals surface area contributed by atoms with Crippen LogP contribution in [0.5, 0.6) is 0 Å². The monoisotopic (exact) mass is 595 g/mol. The van der Waals surface area contributed by atoms with Crippen LogP contribution in [0.2, 0.25) is 0 Å². The van der Waals surface area contributed by atoms with Gasteiger partial charge in [-0.25, -0.2) is 17.2 Å². The van der Waals surface area contributed by atoms with E-state index in [4.69, 9.17) is 0 Å². The summed E-state index contributed by atoms with van der Waals surface area (Å²) < 4.78 is 135. The number of hydrogen-bond donors (Lipinski definition) is 1. The van der Waals surface area contributed by atoms with Gasteiger partial charge in [0, 0.05) is 12.1 Å². The van der Waals surface area contributed by atoms with Crippen LogP contribution in [0.3, 0.4) is 0 Å². The number of sulfone groups is 1. The second kappa shape index (κ2) is 8.94. The second-order valence-corrected chi connectivity index (χ2v) is 11.6. The third kappa shape index (κ3) is 3.80. The van der Waals surface area contributed by atoms with Crippen LogP contribution >= 0.6 is 0 Å². The minimum Gasteiger partial charge on any atom is -0.331 e. The van der Waals surface area contributed by atoms with Gasteiger partial charge in [0.15, 0.2) is 9.84 Å². The molecule has 1 saturated heterocycles. The molecule has 0 bridgehead atoms. The number of carbonyl (C=O) groups is 1. The number of H-pyrrole nitrogens is 1. The van der Waals surface area contributed by atoms with Gasteiger partial charge < -0.3 is 4.90 Å². The van der Waals surface area contributed by atoms with Crippen LogP contribution in [0.15, 0.2) is 47.4 Å². The highest BCUT2D eigenvalue weighted by Gasteiger charge is 2.73. The number of alkyl halides is 7. The molecule has 1 aromatic heterocycles. The van der Waals surface area contributed by atoms with Crippen molar-refractivity contribution < 1.29 is 48.3 Å². The number of carbonyl (C=O) groups excluding carboxylic acids is 1. The van der Waals surface area contributed by atoms with Gasteiger partial charge in [-0.1, -0.05) is 18.2 Å². The Bertz CT molecular complexity index is 1540. The molecular formula is C23H17F8N5O3S. The van der Waals surface area contributed by atoms with Crippen LogP contribution in [0.4, 0.5) is 35.1 Å². The Kier molecular flexibility index (Phi) is 6.24. The van der Waals surface area contributed by atoms with Crippen molar-refractivity contribution in [2.75, 3.05) is 6.54 Å². The number of halogens is 8. The van der Waals surface area contributed by atoms with Gasteiger partial charge in [0.05, 0.1) is 10.9 Å². The molecule has 8 nitrogen and oxygen atoms in total. The SMILES string of the molecule is O=C(c1nn[nH]n1)N1CC[C@]2(S(=O)(=O)c3ccc(F)cc3)c3ccc(C(F)(C(F)(F)F)C(F)(F)F)cc3CC[C@H]12. The first-order valence-corrected chi connectivity index (χ1v) is 13.0. The maximum absolute atomic E-state index is 14.9. The molecule has 1 aliphatic carbocycles. The molecule has 2 aliphatic rings. The van der Waals surface area contributed by atoms with Crippen LogP contribution in [0, 0.1) is 5.82 Å². The third-order valence-corrected chi connectivity index (χ3v) is 10.0. The number of rotatable bonds is 4. The number of aromatic nitrogens is 4. The second-order valence-electron chi connectivity index (χ2n) is 9.41. The van der Waals surface area contributed by atoms with Crippen molar-refractivity contribution in [3.8, 4) is 0 Å². The Labute approximate surface area is 220 Å². The first kappa shape index (κ1) is 27.9. The largest absolute Gasteiger partial charge is 0.435 e. The molecule has 1 N–H and O–H groups in total. The van der Waals surface area contributed by atoms with Gasteiger partial charge in [-0.3, -0.25) is 4.79 Å². The number of nitrogens with one attached hydrogen (secondary N) is 1. The van der Waals surface area contributed by atoms with Crippen molar-refractivity contribution in [3.63, 3.8) is 0 Å². The number of fused-ring (bicyclic) bond motifs is 3. The van der Waals surface area contributed by atoms with Gasteiger partial charge in [-0.15, -0.1) is 10.2 Å². The quantitative estimate of drug-likeness (QED) is 0.359. The van der Waals surface area contributed by atoms with Crippen molar-refractivity contribution >= 4 is 15.7 Å². The van der Waals surface area contributed by atoms with E-state index in [9.17, 15) is 48.3 Å². The summed E-state index contributed by atoms with van der Waals surface area (Å²) in [6, 6.07) is 3.84. The lowest BCUT2D eigenvalue weighted by atomic mass is 9.76. The van der Waals surface area contributed by atoms with Gasteiger partial charge in [-0.2, -0.15) is 31.6 Å². The van der Waals surface area contributed by atoms with Crippen LogP contribution in [-0.4, -0.2) is 64.8 Å². The molecule has 2 aromatic carbocycles. The van der Waals surface area contributed by atoms with Crippen LogP contribution in [0.25, 0.3) is 0 Å². The Morgan fingerprint density at radius 1 is 1.00 bits per heavy atom. The number of aryl methyl sites for hydroxylation is 1. The van der Waals surface area contributed by atoms with Gasteiger partial charge >= 0.3 is 18.0 Å². The predicted octanol–water partition coefficient (Wildman–Crippen LogP) is 4.16. The number of tetrazole rings is 1. The summed E-state index contributed by atoms with van der Waals surface area (Å²) in [5.41, 5.74) is -7.92. The lowest BCUT2D eigenvalue weighted by Crippen LogP contribution is -2.53. The minimum absolute atomic E-state index is 0.188. The number of benzene rings is 2. The summed E-state index contributed by atoms with van der Waals surface area (Å²) in [6.45, 7) is -0.211. The molecule has 1 aliphatic heterocycles. The van der Waals surface area contributed by atoms with E-state index in [0.29, 0.717) is 6.07 Å². The number of likely N-dealkylation sites (tertiary alicyclic amines) is 1. The minimum atomic E-state index is -6.37. The molecule has 1 amide bonds. The molecule has 2 heterocycles. The molecule has 40 heavy (non-hydrogen) atoms. The molecule has 214 valence electrons. The van der Waals surface area contributed by atoms with E-state index in [1.807, 2.05) is 0 Å². The Morgan fingerprint density at radius 3 is 2.23 bits per heavy atom. The van der Waals surface area contributed by atoms with Gasteiger partial charge in [0.2, 0.25) is 0 Å². The Balaban J connectivity index is 1.71. The summed E-state index contributed by atoms with van der Waals surface area (Å²) in [5, 5.41) is 12.6. The summed E-state index contributed by atoms with van der Waals surface area (Å²) in [6.07, 6.45) is -13.6. The number of nitrogens with zero attached hydrogens (tertiary/aromatic N) is 4. The molecular weight excluding hydrogens is 578 g/mol. The fourth-order valence-corrected chi connectivity index (χ4v) is 8.04. The molecule has 0 unspecified atom stereocenters. The topological polar surface area (TPSA) is 109 Å².